The van der Waals surface area contributed by atoms with E-state index in [0.717, 1.165) is 45.4 Å². The van der Waals surface area contributed by atoms with Crippen LogP contribution in [0, 0.1) is 5.92 Å². The summed E-state index contributed by atoms with van der Waals surface area (Å²) >= 11 is 9.84. The Morgan fingerprint density at radius 2 is 2.06 bits per heavy atom. The zero-order valence-electron chi connectivity index (χ0n) is 19.0. The molecule has 0 saturated heterocycles. The van der Waals surface area contributed by atoms with Gasteiger partial charge in [-0.25, -0.2) is 9.97 Å². The Kier molecular flexibility index (Phi) is 6.41. The first-order chi connectivity index (χ1) is 16.9. The van der Waals surface area contributed by atoms with E-state index < -0.39 is 5.97 Å². The van der Waals surface area contributed by atoms with Crippen LogP contribution in [0.1, 0.15) is 48.4 Å². The number of hydrogen-bond acceptors (Lipinski definition) is 7. The van der Waals surface area contributed by atoms with Crippen molar-refractivity contribution in [3.63, 3.8) is 0 Å². The Morgan fingerprint density at radius 3 is 2.69 bits per heavy atom. The van der Waals surface area contributed by atoms with Gasteiger partial charge in [-0.3, -0.25) is 4.79 Å². The maximum absolute atomic E-state index is 11.3. The Balaban J connectivity index is 1.46. The van der Waals surface area contributed by atoms with E-state index in [1.54, 1.807) is 16.9 Å². The van der Waals surface area contributed by atoms with Crippen molar-refractivity contribution in [3.8, 4) is 5.88 Å². The summed E-state index contributed by atoms with van der Waals surface area (Å²) in [6.07, 6.45) is 10.3. The van der Waals surface area contributed by atoms with Gasteiger partial charge < -0.3 is 20.9 Å². The first-order valence-electron chi connectivity index (χ1n) is 11.3. The van der Waals surface area contributed by atoms with E-state index in [9.17, 15) is 9.90 Å². The number of nitrogens with two attached hydrogens (primary N) is 1. The van der Waals surface area contributed by atoms with E-state index >= 15 is 0 Å². The number of dihydropyridines is 1. The molecule has 0 radical (unpaired) electrons. The number of nitrogen functional groups attached to an aromatic ring is 1. The Morgan fingerprint density at radius 1 is 1.29 bits per heavy atom. The summed E-state index contributed by atoms with van der Waals surface area (Å²) in [5, 5.41) is 17.7. The number of aliphatic carboxylic acids is 1. The molecule has 0 amide bonds. The van der Waals surface area contributed by atoms with Crippen LogP contribution in [0.15, 0.2) is 35.1 Å². The lowest BCUT2D eigenvalue weighted by Crippen LogP contribution is -2.22. The van der Waals surface area contributed by atoms with Crippen LogP contribution in [0.4, 0.5) is 5.82 Å². The largest absolute Gasteiger partial charge is 0.481 e. The molecule has 1 fully saturated rings. The van der Waals surface area contributed by atoms with E-state index in [2.05, 4.69) is 31.3 Å². The molecule has 4 heterocycles. The summed E-state index contributed by atoms with van der Waals surface area (Å²) in [6, 6.07) is 1.81. The van der Waals surface area contributed by atoms with E-state index in [4.69, 9.17) is 27.1 Å². The third-order valence-electron chi connectivity index (χ3n) is 6.69. The van der Waals surface area contributed by atoms with Crippen LogP contribution in [0.5, 0.6) is 5.88 Å². The number of anilines is 1. The monoisotopic (exact) mass is 558 g/mol. The number of fused-ring (bicyclic) bond motifs is 1. The Labute approximate surface area is 215 Å². The summed E-state index contributed by atoms with van der Waals surface area (Å²) in [5.41, 5.74) is 11.6. The fraction of sp³-hybridized carbons (Fsp3) is 0.333. The van der Waals surface area contributed by atoms with Crippen molar-refractivity contribution in [3.05, 3.63) is 56.9 Å². The number of hydrogen-bond donors (Lipinski definition) is 3. The zero-order chi connectivity index (χ0) is 24.7. The minimum atomic E-state index is -0.722. The van der Waals surface area contributed by atoms with Gasteiger partial charge in [-0.15, -0.1) is 0 Å². The number of rotatable bonds is 5. The van der Waals surface area contributed by atoms with Crippen LogP contribution in [-0.2, 0) is 4.79 Å². The predicted octanol–water partition coefficient (Wildman–Crippen LogP) is 4.52. The highest BCUT2D eigenvalue weighted by Crippen LogP contribution is 2.40. The third-order valence-corrected chi connectivity index (χ3v) is 7.77. The Bertz CT molecular complexity index is 1380. The van der Waals surface area contributed by atoms with Crippen molar-refractivity contribution < 1.29 is 14.6 Å². The number of allylic oxidation sites excluding steroid dienone is 2. The molecule has 1 saturated carbocycles. The molecule has 35 heavy (non-hydrogen) atoms. The highest BCUT2D eigenvalue weighted by atomic mass is 79.9. The molecule has 3 aromatic heterocycles. The summed E-state index contributed by atoms with van der Waals surface area (Å²) in [4.78, 5) is 20.6. The molecule has 1 aliphatic heterocycles. The average molecular weight is 560 g/mol. The first kappa shape index (κ1) is 23.6. The second-order valence-electron chi connectivity index (χ2n) is 8.72. The molecule has 0 aromatic carbocycles. The molecule has 0 spiro atoms. The number of ether oxygens (including phenoxy) is 1. The van der Waals surface area contributed by atoms with Gasteiger partial charge >= 0.3 is 5.97 Å². The van der Waals surface area contributed by atoms with Gasteiger partial charge in [0.1, 0.15) is 10.8 Å². The van der Waals surface area contributed by atoms with Gasteiger partial charge in [0.25, 0.3) is 0 Å². The van der Waals surface area contributed by atoms with Crippen molar-refractivity contribution in [1.82, 2.24) is 24.9 Å². The fourth-order valence-corrected chi connectivity index (χ4v) is 5.55. The molecule has 182 valence electrons. The number of carboxylic acid groups (broad SMARTS) is 1. The number of aromatic nitrogens is 4. The second kappa shape index (κ2) is 9.50. The highest BCUT2D eigenvalue weighted by Gasteiger charge is 2.30. The number of methoxy groups -OCH3 is 1. The van der Waals surface area contributed by atoms with E-state index in [-0.39, 0.29) is 11.8 Å². The number of nitrogens with one attached hydrogen (secondary N) is 1. The van der Waals surface area contributed by atoms with Gasteiger partial charge in [0, 0.05) is 35.5 Å². The van der Waals surface area contributed by atoms with Gasteiger partial charge in [-0.1, -0.05) is 17.7 Å². The molecule has 9 nitrogen and oxygen atoms in total. The smallest absolute Gasteiger partial charge is 0.306 e. The number of nitrogens with zero attached hydrogens (tertiary/aromatic N) is 4. The lowest BCUT2D eigenvalue weighted by Gasteiger charge is -2.26. The van der Waals surface area contributed by atoms with Crippen LogP contribution in [0.25, 0.3) is 16.9 Å². The van der Waals surface area contributed by atoms with Gasteiger partial charge in [0.15, 0.2) is 5.65 Å². The lowest BCUT2D eigenvalue weighted by molar-refractivity contribution is -0.142. The summed E-state index contributed by atoms with van der Waals surface area (Å²) in [7, 11) is 1.53. The molecular formula is C24H24BrClN6O3. The van der Waals surface area contributed by atoms with Crippen LogP contribution < -0.4 is 15.8 Å². The maximum atomic E-state index is 11.3. The fourth-order valence-electron chi connectivity index (χ4n) is 4.72. The average Bonchev–Trinajstić information content (AvgIpc) is 3.30. The van der Waals surface area contributed by atoms with E-state index in [0.29, 0.717) is 41.8 Å². The minimum absolute atomic E-state index is 0.146. The second-order valence-corrected chi connectivity index (χ2v) is 9.92. The molecule has 5 rings (SSSR count). The predicted molar refractivity (Wildman–Crippen MR) is 137 cm³/mol. The van der Waals surface area contributed by atoms with Crippen molar-refractivity contribution in [2.24, 2.45) is 5.92 Å². The summed E-state index contributed by atoms with van der Waals surface area (Å²) in [6.45, 7) is 0.563. The van der Waals surface area contributed by atoms with Gasteiger partial charge in [0.2, 0.25) is 5.88 Å². The molecular weight excluding hydrogens is 536 g/mol. The quantitative estimate of drug-likeness (QED) is 0.416. The number of halogens is 2. The van der Waals surface area contributed by atoms with Gasteiger partial charge in [-0.2, -0.15) is 9.61 Å². The molecule has 0 unspecified atom stereocenters. The Hall–Kier alpha value is -3.11. The number of carbonyl (C=O) groups is 1. The van der Waals surface area contributed by atoms with Crippen LogP contribution in [0.2, 0.25) is 5.02 Å². The number of carboxylic acids is 1. The molecule has 1 aliphatic carbocycles. The maximum Gasteiger partial charge on any atom is 0.306 e. The summed E-state index contributed by atoms with van der Waals surface area (Å²) in [5.74, 6) is 0.00665. The SMILES string of the molecule is COc1ncc(C2=CC=C(c3cnn4c(N)c(Br)c(C5CCC(C(=O)O)CC5)nc34)CN2)cc1Cl. The van der Waals surface area contributed by atoms with Crippen molar-refractivity contribution in [2.45, 2.75) is 31.6 Å². The third kappa shape index (κ3) is 4.36. The van der Waals surface area contributed by atoms with Gasteiger partial charge in [0.05, 0.1) is 29.4 Å². The van der Waals surface area contributed by atoms with E-state index in [1.165, 1.54) is 7.11 Å². The van der Waals surface area contributed by atoms with Crippen LogP contribution in [-0.4, -0.2) is 44.3 Å². The normalized spacial score (nSPS) is 20.2. The first-order valence-corrected chi connectivity index (χ1v) is 12.4. The lowest BCUT2D eigenvalue weighted by atomic mass is 9.80. The van der Waals surface area contributed by atoms with Crippen LogP contribution in [0.3, 0.4) is 0 Å². The molecule has 2 aliphatic rings. The summed E-state index contributed by atoms with van der Waals surface area (Å²) < 4.78 is 7.49. The van der Waals surface area contributed by atoms with Crippen molar-refractivity contribution in [2.75, 3.05) is 19.4 Å². The van der Waals surface area contributed by atoms with E-state index in [1.807, 2.05) is 18.2 Å². The van der Waals surface area contributed by atoms with Gasteiger partial charge in [-0.05, 0) is 59.3 Å². The van der Waals surface area contributed by atoms with Crippen LogP contribution >= 0.6 is 27.5 Å². The minimum Gasteiger partial charge on any atom is -0.481 e. The molecule has 0 bridgehead atoms. The molecule has 3 aromatic rings. The topological polar surface area (TPSA) is 128 Å². The highest BCUT2D eigenvalue weighted by molar-refractivity contribution is 9.10. The zero-order valence-corrected chi connectivity index (χ0v) is 21.3. The number of pyridine rings is 1. The van der Waals surface area contributed by atoms with Crippen molar-refractivity contribution >= 4 is 56.2 Å². The molecule has 4 N–H and O–H groups in total. The van der Waals surface area contributed by atoms with Crippen molar-refractivity contribution in [1.29, 1.82) is 0 Å². The molecule has 0 atom stereocenters. The molecule has 11 heteroatoms. The standard InChI is InChI=1S/C24H24BrClN6O3/c1-35-23-17(26)8-15(10-29-23)18-7-6-14(9-28-18)16-11-30-32-21(27)19(25)20(31-22(16)32)12-2-4-13(5-3-12)24(33)34/h6-8,10-13,28H,2-5,9,27H2,1H3,(H,33,34).